The average molecular weight is 518 g/mol. The Bertz CT molecular complexity index is 1230. The largest absolute Gasteiger partial charge is 0.473 e. The molecule has 1 aliphatic rings. The summed E-state index contributed by atoms with van der Waals surface area (Å²) < 4.78 is 40.4. The Kier molecular flexibility index (Phi) is 8.16. The lowest BCUT2D eigenvalue weighted by Crippen LogP contribution is -2.46. The Balaban J connectivity index is 1.70. The zero-order valence-corrected chi connectivity index (χ0v) is 21.6. The van der Waals surface area contributed by atoms with Crippen LogP contribution in [0.1, 0.15) is 57.3 Å². The van der Waals surface area contributed by atoms with Crippen molar-refractivity contribution in [1.29, 1.82) is 0 Å². The van der Waals surface area contributed by atoms with Crippen molar-refractivity contribution >= 4 is 11.7 Å². The summed E-state index contributed by atoms with van der Waals surface area (Å²) in [7, 11) is 0. The number of pyridine rings is 1. The first-order chi connectivity index (χ1) is 17.7. The van der Waals surface area contributed by atoms with E-state index < -0.39 is 12.0 Å². The average Bonchev–Trinajstić information content (AvgIpc) is 3.33. The quantitative estimate of drug-likeness (QED) is 0.553. The molecule has 1 aliphatic heterocycles. The topological polar surface area (TPSA) is 107 Å². The van der Waals surface area contributed by atoms with E-state index in [4.69, 9.17) is 14.5 Å². The molecule has 200 valence electrons. The van der Waals surface area contributed by atoms with E-state index >= 15 is 0 Å². The number of nitrogens with one attached hydrogen (secondary N) is 1. The van der Waals surface area contributed by atoms with Crippen molar-refractivity contribution in [1.82, 2.24) is 34.8 Å². The smallest absolute Gasteiger partial charge is 0.318 e. The number of rotatable bonds is 4. The number of hydrogen-bond acceptors (Lipinski definition) is 7. The predicted octanol–water partition coefficient (Wildman–Crippen LogP) is 4.19. The molecule has 4 bridgehead atoms. The monoisotopic (exact) mass is 517 g/mol. The Morgan fingerprint density at radius 1 is 1.24 bits per heavy atom. The zero-order chi connectivity index (χ0) is 26.6. The molecule has 0 saturated carbocycles. The number of nitrogens with zero attached hydrogens (tertiary/aromatic N) is 6. The minimum Gasteiger partial charge on any atom is -0.473 e. The van der Waals surface area contributed by atoms with Gasteiger partial charge in [0, 0.05) is 37.4 Å². The fourth-order valence-electron chi connectivity index (χ4n) is 4.32. The number of fused-ring (bicyclic) bond motifs is 7. The molecule has 0 spiro atoms. The number of amides is 2. The summed E-state index contributed by atoms with van der Waals surface area (Å²) >= 11 is 0. The van der Waals surface area contributed by atoms with E-state index in [1.165, 1.54) is 6.33 Å². The van der Waals surface area contributed by atoms with Crippen LogP contribution in [0, 0.1) is 6.92 Å². The number of aryl methyl sites for hydroxylation is 1. The van der Waals surface area contributed by atoms with E-state index in [0.717, 1.165) is 18.1 Å². The minimum absolute atomic E-state index is 0.134. The van der Waals surface area contributed by atoms with Crippen LogP contribution in [0.3, 0.4) is 0 Å². The summed E-state index contributed by atoms with van der Waals surface area (Å²) in [4.78, 5) is 28.4. The molecular weight excluding hydrogens is 484 g/mol. The van der Waals surface area contributed by atoms with Crippen LogP contribution < -0.4 is 10.1 Å². The molecule has 0 aromatic carbocycles. The second-order valence-corrected chi connectivity index (χ2v) is 9.35. The molecule has 4 heterocycles. The first-order valence-corrected chi connectivity index (χ1v) is 12.5. The van der Waals surface area contributed by atoms with Gasteiger partial charge >= 0.3 is 6.03 Å². The van der Waals surface area contributed by atoms with Gasteiger partial charge in [-0.15, -0.1) is 0 Å². The zero-order valence-electron chi connectivity index (χ0n) is 21.6. The van der Waals surface area contributed by atoms with Crippen molar-refractivity contribution in [2.45, 2.75) is 65.0 Å². The van der Waals surface area contributed by atoms with Crippen LogP contribution >= 0.6 is 0 Å². The van der Waals surface area contributed by atoms with Gasteiger partial charge in [-0.2, -0.15) is 5.10 Å². The molecule has 0 unspecified atom stereocenters. The van der Waals surface area contributed by atoms with Crippen LogP contribution in [-0.4, -0.2) is 73.8 Å². The summed E-state index contributed by atoms with van der Waals surface area (Å²) in [6.07, 6.45) is 5.14. The maximum absolute atomic E-state index is 13.6. The molecule has 4 rings (SSSR count). The van der Waals surface area contributed by atoms with Crippen LogP contribution in [0.15, 0.2) is 24.8 Å². The Morgan fingerprint density at radius 3 is 2.81 bits per heavy atom. The normalized spacial score (nSPS) is 19.8. The number of urea groups is 1. The van der Waals surface area contributed by atoms with Crippen molar-refractivity contribution in [3.05, 3.63) is 36.0 Å². The van der Waals surface area contributed by atoms with Crippen molar-refractivity contribution in [3.8, 4) is 17.1 Å². The lowest BCUT2D eigenvalue weighted by Gasteiger charge is -2.31. The van der Waals surface area contributed by atoms with Crippen LogP contribution in [0.25, 0.3) is 16.9 Å². The third-order valence-electron chi connectivity index (χ3n) is 6.46. The molecule has 0 saturated heterocycles. The molecule has 1 N–H and O–H groups in total. The lowest BCUT2D eigenvalue weighted by atomic mass is 10.0. The highest BCUT2D eigenvalue weighted by molar-refractivity contribution is 5.75. The lowest BCUT2D eigenvalue weighted by molar-refractivity contribution is 0.00683. The molecule has 12 heteroatoms. The van der Waals surface area contributed by atoms with Crippen molar-refractivity contribution < 1.29 is 23.0 Å². The van der Waals surface area contributed by atoms with Crippen LogP contribution in [0.2, 0.25) is 0 Å². The third kappa shape index (κ3) is 6.48. The van der Waals surface area contributed by atoms with Gasteiger partial charge in [0.05, 0.1) is 30.2 Å². The van der Waals surface area contributed by atoms with Crippen molar-refractivity contribution in [2.24, 2.45) is 0 Å². The third-order valence-corrected chi connectivity index (χ3v) is 6.46. The van der Waals surface area contributed by atoms with Gasteiger partial charge in [-0.25, -0.2) is 28.1 Å². The SMILES string of the molecule is CCN1C(=O)N[C@@H](CCC(C)(F)F)CCOCCOc2nc(cn3ncnc23)-c2cc(ncc2C)[C@H]1C. The van der Waals surface area contributed by atoms with E-state index in [1.807, 2.05) is 26.8 Å². The fraction of sp³-hybridized carbons (Fsp3) is 0.560. The van der Waals surface area contributed by atoms with Gasteiger partial charge in [-0.1, -0.05) is 0 Å². The van der Waals surface area contributed by atoms with Crippen LogP contribution in [0.5, 0.6) is 5.88 Å². The highest BCUT2D eigenvalue weighted by atomic mass is 19.3. The van der Waals surface area contributed by atoms with Gasteiger partial charge in [0.25, 0.3) is 5.88 Å². The number of aromatic nitrogens is 5. The first-order valence-electron chi connectivity index (χ1n) is 12.5. The second-order valence-electron chi connectivity index (χ2n) is 9.35. The van der Waals surface area contributed by atoms with E-state index in [2.05, 4.69) is 20.4 Å². The summed E-state index contributed by atoms with van der Waals surface area (Å²) in [5.41, 5.74) is 3.49. The maximum atomic E-state index is 13.6. The highest BCUT2D eigenvalue weighted by Crippen LogP contribution is 2.29. The van der Waals surface area contributed by atoms with Crippen molar-refractivity contribution in [3.63, 3.8) is 0 Å². The van der Waals surface area contributed by atoms with Gasteiger partial charge in [0.15, 0.2) is 0 Å². The molecule has 10 nitrogen and oxygen atoms in total. The fourth-order valence-corrected chi connectivity index (χ4v) is 4.32. The molecule has 3 aromatic rings. The molecular formula is C25H33F2N7O3. The summed E-state index contributed by atoms with van der Waals surface area (Å²) in [6.45, 7) is 7.73. The van der Waals surface area contributed by atoms with Gasteiger partial charge < -0.3 is 19.7 Å². The van der Waals surface area contributed by atoms with Crippen molar-refractivity contribution in [2.75, 3.05) is 26.4 Å². The van der Waals surface area contributed by atoms with E-state index in [0.29, 0.717) is 35.9 Å². The molecule has 3 aromatic heterocycles. The Labute approximate surface area is 214 Å². The maximum Gasteiger partial charge on any atom is 0.318 e. The summed E-state index contributed by atoms with van der Waals surface area (Å²) in [5, 5.41) is 7.19. The van der Waals surface area contributed by atoms with Crippen LogP contribution in [-0.2, 0) is 4.74 Å². The molecule has 2 amide bonds. The van der Waals surface area contributed by atoms with E-state index in [1.54, 1.807) is 21.8 Å². The summed E-state index contributed by atoms with van der Waals surface area (Å²) in [5.74, 6) is -2.50. The van der Waals surface area contributed by atoms with Gasteiger partial charge in [-0.3, -0.25) is 4.98 Å². The number of ether oxygens (including phenoxy) is 2. The molecule has 2 atom stereocenters. The molecule has 37 heavy (non-hydrogen) atoms. The Morgan fingerprint density at radius 2 is 2.05 bits per heavy atom. The summed E-state index contributed by atoms with van der Waals surface area (Å²) in [6, 6.07) is 0.724. The standard InChI is InChI=1S/C25H33F2N7O3/c1-5-33-17(3)20-12-19(16(2)13-28-20)21-14-34-22(29-15-30-34)23(32-21)37-11-10-36-9-7-18(31-24(33)35)6-8-25(4,26)27/h12-15,17-18H,5-11H2,1-4H3,(H,31,35)/t17-,18+/m1/s1. The van der Waals surface area contributed by atoms with E-state index in [9.17, 15) is 13.6 Å². The second kappa shape index (κ2) is 11.3. The van der Waals surface area contributed by atoms with Crippen LogP contribution in [0.4, 0.5) is 13.6 Å². The number of hydrogen-bond donors (Lipinski definition) is 1. The minimum atomic E-state index is -2.82. The van der Waals surface area contributed by atoms with Gasteiger partial charge in [0.2, 0.25) is 11.6 Å². The predicted molar refractivity (Wildman–Crippen MR) is 133 cm³/mol. The van der Waals surface area contributed by atoms with E-state index in [-0.39, 0.29) is 44.7 Å². The highest BCUT2D eigenvalue weighted by Gasteiger charge is 2.27. The first kappa shape index (κ1) is 26.6. The number of halogens is 2. The van der Waals surface area contributed by atoms with Gasteiger partial charge in [0.1, 0.15) is 12.9 Å². The Hall–Kier alpha value is -3.41. The number of carbonyl (C=O) groups is 1. The molecule has 0 fully saturated rings. The molecule has 0 aliphatic carbocycles. The number of alkyl halides is 2. The van der Waals surface area contributed by atoms with Gasteiger partial charge in [-0.05, 0) is 52.2 Å². The molecule has 0 radical (unpaired) electrons. The number of carbonyl (C=O) groups excluding carboxylic acids is 1.